The smallest absolute Gasteiger partial charge is 1.00 e. The Hall–Kier alpha value is 0.830. The topological polar surface area (TPSA) is 106 Å². The van der Waals surface area contributed by atoms with Gasteiger partial charge in [0.05, 0.1) is 5.66 Å². The largest absolute Gasteiger partial charge is 1.00 e. The second kappa shape index (κ2) is 4.18. The first-order chi connectivity index (χ1) is 4.15. The maximum Gasteiger partial charge on any atom is 1.00 e. The van der Waals surface area contributed by atoms with Crippen molar-refractivity contribution in [3.63, 3.8) is 0 Å². The third kappa shape index (κ3) is 5.13. The van der Waals surface area contributed by atoms with Gasteiger partial charge in [-0.2, -0.15) is 8.42 Å². The van der Waals surface area contributed by atoms with Crippen LogP contribution in [0.15, 0.2) is 0 Å². The molecule has 0 radical (unpaired) electrons. The Morgan fingerprint density at radius 2 is 1.82 bits per heavy atom. The fraction of sp³-hybridized carbons (Fsp3) is 1.00. The van der Waals surface area contributed by atoms with Crippen LogP contribution in [-0.4, -0.2) is 23.9 Å². The summed E-state index contributed by atoms with van der Waals surface area (Å²) in [5.41, 5.74) is 9.01. The van der Waals surface area contributed by atoms with E-state index in [1.54, 1.807) is 0 Å². The summed E-state index contributed by atoms with van der Waals surface area (Å²) in [7, 11) is -4.11. The molecule has 1 atom stereocenters. The minimum Gasteiger partial charge on any atom is -1.00 e. The summed E-state index contributed by atoms with van der Waals surface area (Å²) >= 11 is 0. The van der Waals surface area contributed by atoms with Crippen LogP contribution in [0.5, 0.6) is 0 Å². The van der Waals surface area contributed by atoms with Gasteiger partial charge in [0.2, 0.25) is 0 Å². The first-order valence-electron chi connectivity index (χ1n) is 2.69. The quantitative estimate of drug-likeness (QED) is 0.235. The van der Waals surface area contributed by atoms with E-state index in [-0.39, 0.29) is 31.0 Å². The van der Waals surface area contributed by atoms with Crippen molar-refractivity contribution in [3.05, 3.63) is 0 Å². The van der Waals surface area contributed by atoms with Gasteiger partial charge in [0.15, 0.2) is 0 Å². The summed E-state index contributed by atoms with van der Waals surface area (Å²) in [6, 6.07) is 0. The zero-order valence-electron chi connectivity index (χ0n) is 7.90. The van der Waals surface area contributed by atoms with Crippen LogP contribution in [0.3, 0.4) is 0 Å². The van der Waals surface area contributed by atoms with Crippen LogP contribution in [0.25, 0.3) is 0 Å². The molecule has 0 aliphatic rings. The molecule has 11 heavy (non-hydrogen) atoms. The van der Waals surface area contributed by atoms with Crippen LogP contribution in [0.4, 0.5) is 0 Å². The van der Waals surface area contributed by atoms with E-state index in [0.29, 0.717) is 0 Å². The van der Waals surface area contributed by atoms with E-state index in [1.807, 2.05) is 0 Å². The molecule has 7 heteroatoms. The van der Waals surface area contributed by atoms with Gasteiger partial charge in [0.25, 0.3) is 10.1 Å². The molecule has 64 valence electrons. The Balaban J connectivity index is -0.000000405. The fourth-order valence-electron chi connectivity index (χ4n) is 0.321. The predicted molar refractivity (Wildman–Crippen MR) is 38.9 cm³/mol. The van der Waals surface area contributed by atoms with Crippen molar-refractivity contribution in [2.24, 2.45) is 11.5 Å². The van der Waals surface area contributed by atoms with Crippen LogP contribution in [0.1, 0.15) is 15.3 Å². The molecule has 0 spiro atoms. The molecule has 0 rings (SSSR count). The molecular weight excluding hydrogens is 179 g/mol. The van der Waals surface area contributed by atoms with Crippen molar-refractivity contribution in [3.8, 4) is 0 Å². The van der Waals surface area contributed by atoms with Crippen molar-refractivity contribution >= 4 is 10.1 Å². The Kier molecular flexibility index (Phi) is 5.45. The zero-order valence-corrected chi connectivity index (χ0v) is 9.72. The Morgan fingerprint density at radius 1 is 1.55 bits per heavy atom. The standard InChI is InChI=1S/C4H12N2O3S.Na.H/c1-3(4(2,5)6)10(7,8)9;;/h3H,5-6H2,1-2H3,(H,7,8,9);;/q;+1;-1. The molecule has 0 bridgehead atoms. The first-order valence-corrected chi connectivity index (χ1v) is 4.20. The summed E-state index contributed by atoms with van der Waals surface area (Å²) < 4.78 is 29.2. The molecule has 0 saturated carbocycles. The minimum absolute atomic E-state index is 0. The van der Waals surface area contributed by atoms with Gasteiger partial charge in [0, 0.05) is 0 Å². The van der Waals surface area contributed by atoms with Gasteiger partial charge in [-0.25, -0.2) is 0 Å². The van der Waals surface area contributed by atoms with E-state index in [9.17, 15) is 8.42 Å². The van der Waals surface area contributed by atoms with E-state index in [0.717, 1.165) is 0 Å². The van der Waals surface area contributed by atoms with Gasteiger partial charge in [-0.3, -0.25) is 4.55 Å². The van der Waals surface area contributed by atoms with Crippen LogP contribution >= 0.6 is 0 Å². The second-order valence-electron chi connectivity index (χ2n) is 2.52. The number of hydrogen-bond donors (Lipinski definition) is 3. The number of nitrogens with two attached hydrogens (primary N) is 2. The molecule has 0 saturated heterocycles. The van der Waals surface area contributed by atoms with E-state index in [4.69, 9.17) is 16.0 Å². The Labute approximate surface area is 90.0 Å². The van der Waals surface area contributed by atoms with Gasteiger partial charge in [0.1, 0.15) is 5.25 Å². The average molecular weight is 192 g/mol. The molecule has 0 amide bonds. The summed E-state index contributed by atoms with van der Waals surface area (Å²) in [5, 5.41) is -1.15. The normalized spacial score (nSPS) is 15.4. The molecule has 0 aliphatic carbocycles. The van der Waals surface area contributed by atoms with E-state index >= 15 is 0 Å². The van der Waals surface area contributed by atoms with Crippen LogP contribution in [-0.2, 0) is 10.1 Å². The van der Waals surface area contributed by atoms with Crippen LogP contribution in [0, 0.1) is 0 Å². The Morgan fingerprint density at radius 3 is 1.82 bits per heavy atom. The average Bonchev–Trinajstić information content (AvgIpc) is 1.59. The van der Waals surface area contributed by atoms with E-state index in [2.05, 4.69) is 0 Å². The van der Waals surface area contributed by atoms with Gasteiger partial charge >= 0.3 is 29.6 Å². The van der Waals surface area contributed by atoms with Crippen LogP contribution in [0.2, 0.25) is 0 Å². The summed E-state index contributed by atoms with van der Waals surface area (Å²) in [5.74, 6) is 0. The minimum atomic E-state index is -4.11. The summed E-state index contributed by atoms with van der Waals surface area (Å²) in [6.45, 7) is 2.57. The monoisotopic (exact) mass is 192 g/mol. The van der Waals surface area contributed by atoms with Crippen LogP contribution < -0.4 is 41.0 Å². The molecule has 1 unspecified atom stereocenters. The third-order valence-electron chi connectivity index (χ3n) is 1.32. The van der Waals surface area contributed by atoms with E-state index in [1.165, 1.54) is 13.8 Å². The Bertz CT molecular complexity index is 213. The second-order valence-corrected chi connectivity index (χ2v) is 4.26. The number of hydrogen-bond acceptors (Lipinski definition) is 4. The maximum absolute atomic E-state index is 10.4. The molecule has 0 aromatic heterocycles. The molecule has 0 aliphatic heterocycles. The SMILES string of the molecule is CC(C(C)(N)N)S(=O)(=O)O.[H-].[Na+]. The van der Waals surface area contributed by atoms with Crippen molar-refractivity contribution in [1.29, 1.82) is 0 Å². The molecule has 5 nitrogen and oxygen atoms in total. The molecule has 0 aromatic rings. The van der Waals surface area contributed by atoms with Gasteiger partial charge < -0.3 is 12.9 Å². The molecule has 5 N–H and O–H groups in total. The fourth-order valence-corrected chi connectivity index (χ4v) is 0.963. The van der Waals surface area contributed by atoms with Crippen molar-refractivity contribution in [1.82, 2.24) is 0 Å². The van der Waals surface area contributed by atoms with Crippen molar-refractivity contribution in [2.45, 2.75) is 24.8 Å². The van der Waals surface area contributed by atoms with Crippen molar-refractivity contribution in [2.75, 3.05) is 0 Å². The molecule has 0 fully saturated rings. The third-order valence-corrected chi connectivity index (χ3v) is 2.72. The van der Waals surface area contributed by atoms with Gasteiger partial charge in [-0.1, -0.05) is 0 Å². The number of rotatable bonds is 2. The molecule has 0 aromatic carbocycles. The van der Waals surface area contributed by atoms with Gasteiger partial charge in [-0.15, -0.1) is 0 Å². The summed E-state index contributed by atoms with van der Waals surface area (Å²) in [6.07, 6.45) is 0. The van der Waals surface area contributed by atoms with E-state index < -0.39 is 21.0 Å². The molecular formula is C4H13N2NaO3S. The first kappa shape index (κ1) is 14.4. The zero-order chi connectivity index (χ0) is 8.58. The predicted octanol–water partition coefficient (Wildman–Crippen LogP) is -3.99. The van der Waals surface area contributed by atoms with Crippen molar-refractivity contribution < 1.29 is 44.0 Å². The maximum atomic E-state index is 10.4. The van der Waals surface area contributed by atoms with Gasteiger partial charge in [-0.05, 0) is 13.8 Å². The molecule has 0 heterocycles. The summed E-state index contributed by atoms with van der Waals surface area (Å²) in [4.78, 5) is 0.